The van der Waals surface area contributed by atoms with E-state index in [4.69, 9.17) is 32.8 Å². The lowest BCUT2D eigenvalue weighted by atomic mass is 9.88. The van der Waals surface area contributed by atoms with Gasteiger partial charge in [-0.05, 0) is 78.5 Å². The van der Waals surface area contributed by atoms with E-state index in [9.17, 15) is 9.90 Å². The van der Waals surface area contributed by atoms with Gasteiger partial charge in [-0.15, -0.1) is 11.3 Å². The fourth-order valence-electron chi connectivity index (χ4n) is 4.94. The second-order valence-corrected chi connectivity index (χ2v) is 11.7. The smallest absolute Gasteiger partial charge is 0.411 e. The third-order valence-corrected chi connectivity index (χ3v) is 8.60. The summed E-state index contributed by atoms with van der Waals surface area (Å²) in [6, 6.07) is 22.7. The summed E-state index contributed by atoms with van der Waals surface area (Å²) in [6.45, 7) is 3.20. The molecule has 1 aromatic heterocycles. The van der Waals surface area contributed by atoms with Crippen molar-refractivity contribution >= 4 is 62.1 Å². The van der Waals surface area contributed by atoms with Crippen molar-refractivity contribution < 1.29 is 19.5 Å². The first-order valence-corrected chi connectivity index (χ1v) is 15.4. The topological polar surface area (TPSA) is 92.2 Å². The highest BCUT2D eigenvalue weighted by Crippen LogP contribution is 2.34. The van der Waals surface area contributed by atoms with E-state index in [0.29, 0.717) is 53.8 Å². The maximum atomic E-state index is 12.7. The summed E-state index contributed by atoms with van der Waals surface area (Å²) >= 11 is 13.8. The Morgan fingerprint density at radius 1 is 1.05 bits per heavy atom. The van der Waals surface area contributed by atoms with Crippen LogP contribution >= 0.6 is 34.5 Å². The van der Waals surface area contributed by atoms with Gasteiger partial charge in [-0.25, -0.2) is 4.79 Å². The summed E-state index contributed by atoms with van der Waals surface area (Å²) in [7, 11) is 1.48. The number of amides is 1. The lowest BCUT2D eigenvalue weighted by Gasteiger charge is -2.28. The highest BCUT2D eigenvalue weighted by molar-refractivity contribution is 7.17. The van der Waals surface area contributed by atoms with Gasteiger partial charge in [0.25, 0.3) is 0 Å². The molecule has 3 N–H and O–H groups in total. The number of halogens is 2. The molecule has 4 rings (SSSR count). The molecule has 0 saturated heterocycles. The standard InChI is InChI=1S/C32H35Cl2N3O4S/c1-3-32(39,22-9-5-4-6-10-22)14-16-35-15-13-26(28-21-42-30-12-8-7-11-27(28)30)29(37-40-2)20-41-31(38)36-25-18-23(33)17-24(34)19-25/h4-12,17-19,21,26,35,39H,3,13-16,20H2,1-2H3,(H,36,38)/b37-29+. The minimum Gasteiger partial charge on any atom is -0.443 e. The maximum absolute atomic E-state index is 12.7. The Labute approximate surface area is 260 Å². The minimum atomic E-state index is -0.895. The number of oxime groups is 1. The van der Waals surface area contributed by atoms with Crippen LogP contribution in [0.1, 0.15) is 43.2 Å². The van der Waals surface area contributed by atoms with E-state index in [2.05, 4.69) is 33.3 Å². The Balaban J connectivity index is 1.45. The van der Waals surface area contributed by atoms with Gasteiger partial charge in [-0.1, -0.05) is 83.8 Å². The van der Waals surface area contributed by atoms with Crippen LogP contribution in [0.5, 0.6) is 0 Å². The van der Waals surface area contributed by atoms with Crippen LogP contribution in [0.15, 0.2) is 83.3 Å². The van der Waals surface area contributed by atoms with Gasteiger partial charge in [0, 0.05) is 26.4 Å². The molecule has 0 radical (unpaired) electrons. The molecule has 1 amide bonds. The van der Waals surface area contributed by atoms with Crippen molar-refractivity contribution in [1.29, 1.82) is 0 Å². The van der Waals surface area contributed by atoms with E-state index < -0.39 is 11.7 Å². The number of thiophene rings is 1. The number of fused-ring (bicyclic) bond motifs is 1. The van der Waals surface area contributed by atoms with Gasteiger partial charge in [0.15, 0.2) is 0 Å². The number of carbonyl (C=O) groups excluding carboxylic acids is 1. The number of benzene rings is 3. The quantitative estimate of drug-likeness (QED) is 0.0744. The summed E-state index contributed by atoms with van der Waals surface area (Å²) in [5.41, 5.74) is 2.12. The first kappa shape index (κ1) is 31.8. The largest absolute Gasteiger partial charge is 0.443 e. The number of nitrogens with one attached hydrogen (secondary N) is 2. The number of hydrogen-bond acceptors (Lipinski definition) is 7. The number of carbonyl (C=O) groups is 1. The Bertz CT molecular complexity index is 1480. The summed E-state index contributed by atoms with van der Waals surface area (Å²) < 4.78 is 6.73. The molecule has 0 aliphatic heterocycles. The molecule has 222 valence electrons. The van der Waals surface area contributed by atoms with E-state index in [1.54, 1.807) is 29.5 Å². The average Bonchev–Trinajstić information content (AvgIpc) is 3.41. The van der Waals surface area contributed by atoms with Crippen molar-refractivity contribution in [3.63, 3.8) is 0 Å². The summed E-state index contributed by atoms with van der Waals surface area (Å²) in [5.74, 6) is -0.179. The third kappa shape index (κ3) is 8.46. The molecule has 3 aromatic carbocycles. The van der Waals surface area contributed by atoms with Gasteiger partial charge in [0.05, 0.1) is 5.60 Å². The molecule has 10 heteroatoms. The van der Waals surface area contributed by atoms with E-state index in [0.717, 1.165) is 21.2 Å². The molecule has 2 unspecified atom stereocenters. The van der Waals surface area contributed by atoms with E-state index >= 15 is 0 Å². The number of rotatable bonds is 14. The fraction of sp³-hybridized carbons (Fsp3) is 0.312. The van der Waals surface area contributed by atoms with Crippen LogP contribution in [-0.2, 0) is 15.2 Å². The first-order valence-electron chi connectivity index (χ1n) is 13.8. The van der Waals surface area contributed by atoms with Gasteiger partial charge in [-0.2, -0.15) is 0 Å². The lowest BCUT2D eigenvalue weighted by Crippen LogP contribution is -2.31. The van der Waals surface area contributed by atoms with Crippen LogP contribution in [0.2, 0.25) is 10.0 Å². The molecule has 7 nitrogen and oxygen atoms in total. The van der Waals surface area contributed by atoms with Crippen LogP contribution in [0.4, 0.5) is 10.5 Å². The number of ether oxygens (including phenoxy) is 1. The predicted molar refractivity (Wildman–Crippen MR) is 173 cm³/mol. The molecule has 4 aromatic rings. The monoisotopic (exact) mass is 627 g/mol. The molecule has 1 heterocycles. The average molecular weight is 629 g/mol. The molecule has 0 fully saturated rings. The number of nitrogens with zero attached hydrogens (tertiary/aromatic N) is 1. The van der Waals surface area contributed by atoms with Gasteiger partial charge < -0.3 is 20.0 Å². The van der Waals surface area contributed by atoms with Gasteiger partial charge in [-0.3, -0.25) is 5.32 Å². The number of hydrogen-bond donors (Lipinski definition) is 3. The normalized spacial score (nSPS) is 13.9. The second kappa shape index (κ2) is 15.4. The number of anilines is 1. The van der Waals surface area contributed by atoms with Crippen molar-refractivity contribution in [3.8, 4) is 0 Å². The Kier molecular flexibility index (Phi) is 11.6. The molecule has 0 aliphatic rings. The summed E-state index contributed by atoms with van der Waals surface area (Å²) in [6.07, 6.45) is 1.21. The van der Waals surface area contributed by atoms with Gasteiger partial charge in [0.1, 0.15) is 19.4 Å². The zero-order valence-corrected chi connectivity index (χ0v) is 25.9. The third-order valence-electron chi connectivity index (χ3n) is 7.18. The van der Waals surface area contributed by atoms with E-state index in [-0.39, 0.29) is 12.5 Å². The van der Waals surface area contributed by atoms with Crippen molar-refractivity contribution in [1.82, 2.24) is 5.32 Å². The molecular formula is C32H35Cl2N3O4S. The lowest BCUT2D eigenvalue weighted by molar-refractivity contribution is 0.0237. The van der Waals surface area contributed by atoms with Gasteiger partial charge in [0.2, 0.25) is 0 Å². The van der Waals surface area contributed by atoms with E-state index in [1.807, 2.05) is 49.4 Å². The van der Waals surface area contributed by atoms with Crippen LogP contribution < -0.4 is 10.6 Å². The molecule has 2 atom stereocenters. The molecule has 0 aliphatic carbocycles. The molecule has 0 bridgehead atoms. The van der Waals surface area contributed by atoms with Crippen LogP contribution in [0.25, 0.3) is 10.1 Å². The highest BCUT2D eigenvalue weighted by Gasteiger charge is 2.27. The summed E-state index contributed by atoms with van der Waals surface area (Å²) in [4.78, 5) is 17.9. The second-order valence-electron chi connectivity index (χ2n) is 9.90. The molecule has 0 saturated carbocycles. The SMILES string of the molecule is CCC(O)(CCNCCC(/C(COC(=O)Nc1cc(Cl)cc(Cl)c1)=N/OC)c1csc2ccccc12)c1ccccc1. The minimum absolute atomic E-state index is 0.0770. The van der Waals surface area contributed by atoms with Crippen LogP contribution in [0.3, 0.4) is 0 Å². The van der Waals surface area contributed by atoms with Crippen molar-refractivity contribution in [3.05, 3.63) is 99.3 Å². The predicted octanol–water partition coefficient (Wildman–Crippen LogP) is 8.21. The highest BCUT2D eigenvalue weighted by atomic mass is 35.5. The Morgan fingerprint density at radius 3 is 2.48 bits per heavy atom. The van der Waals surface area contributed by atoms with Gasteiger partial charge >= 0.3 is 6.09 Å². The van der Waals surface area contributed by atoms with Crippen molar-refractivity contribution in [2.24, 2.45) is 5.16 Å². The zero-order chi connectivity index (χ0) is 30.0. The molecule has 42 heavy (non-hydrogen) atoms. The van der Waals surface area contributed by atoms with E-state index in [1.165, 1.54) is 7.11 Å². The maximum Gasteiger partial charge on any atom is 0.411 e. The number of aliphatic hydroxyl groups is 1. The van der Waals surface area contributed by atoms with Crippen LogP contribution in [-0.4, -0.2) is 43.7 Å². The Morgan fingerprint density at radius 2 is 1.76 bits per heavy atom. The molecule has 0 spiro atoms. The Hall–Kier alpha value is -3.14. The van der Waals surface area contributed by atoms with Crippen molar-refractivity contribution in [2.75, 3.05) is 32.1 Å². The first-order chi connectivity index (χ1) is 20.3. The fourth-order valence-corrected chi connectivity index (χ4v) is 6.48. The van der Waals surface area contributed by atoms with Crippen molar-refractivity contribution in [2.45, 2.75) is 37.7 Å². The summed E-state index contributed by atoms with van der Waals surface area (Å²) in [5, 5.41) is 25.7. The zero-order valence-electron chi connectivity index (χ0n) is 23.6. The molecular weight excluding hydrogens is 593 g/mol. The van der Waals surface area contributed by atoms with Crippen LogP contribution in [0, 0.1) is 0 Å².